The Morgan fingerprint density at radius 3 is 2.57 bits per heavy atom. The molecule has 0 saturated heterocycles. The van der Waals surface area contributed by atoms with Crippen molar-refractivity contribution in [2.24, 2.45) is 5.10 Å². The van der Waals surface area contributed by atoms with E-state index in [0.717, 1.165) is 22.6 Å². The molecule has 2 aromatic heterocycles. The minimum atomic E-state index is -0.422. The van der Waals surface area contributed by atoms with Gasteiger partial charge < -0.3 is 13.7 Å². The third kappa shape index (κ3) is 3.73. The van der Waals surface area contributed by atoms with E-state index in [2.05, 4.69) is 10.5 Å². The largest absolute Gasteiger partial charge is 0.465 e. The molecule has 0 aliphatic carbocycles. The lowest BCUT2D eigenvalue weighted by atomic mass is 10.1. The van der Waals surface area contributed by atoms with Crippen LogP contribution in [-0.2, 0) is 4.74 Å². The van der Waals surface area contributed by atoms with Crippen molar-refractivity contribution in [2.75, 3.05) is 7.11 Å². The lowest BCUT2D eigenvalue weighted by molar-refractivity contribution is 0.0600. The number of carbonyl (C=O) groups excluding carboxylic acids is 2. The summed E-state index contributed by atoms with van der Waals surface area (Å²) in [5.41, 5.74) is 6.25. The van der Waals surface area contributed by atoms with E-state index in [1.54, 1.807) is 37.4 Å². The highest BCUT2D eigenvalue weighted by molar-refractivity contribution is 5.94. The number of hydrazone groups is 1. The molecule has 0 spiro atoms. The minimum Gasteiger partial charge on any atom is -0.465 e. The second-order valence-electron chi connectivity index (χ2n) is 6.28. The summed E-state index contributed by atoms with van der Waals surface area (Å²) in [5.74, 6) is 0.0302. The number of nitrogens with zero attached hydrogens (tertiary/aromatic N) is 2. The molecule has 144 valence electrons. The van der Waals surface area contributed by atoms with Crippen LogP contribution < -0.4 is 5.43 Å². The zero-order chi connectivity index (χ0) is 20.3. The van der Waals surface area contributed by atoms with E-state index < -0.39 is 11.9 Å². The quantitative estimate of drug-likeness (QED) is 0.417. The number of aromatic nitrogens is 1. The molecule has 28 heavy (non-hydrogen) atoms. The molecular formula is C21H21N3O4. The fourth-order valence-corrected chi connectivity index (χ4v) is 3.01. The predicted octanol–water partition coefficient (Wildman–Crippen LogP) is 3.55. The summed E-state index contributed by atoms with van der Waals surface area (Å²) in [4.78, 5) is 24.1. The number of ether oxygens (including phenoxy) is 1. The highest BCUT2D eigenvalue weighted by Crippen LogP contribution is 2.23. The van der Waals surface area contributed by atoms with Crippen LogP contribution >= 0.6 is 0 Å². The highest BCUT2D eigenvalue weighted by atomic mass is 16.5. The number of hydrogen-bond donors (Lipinski definition) is 1. The number of carbonyl (C=O) groups is 2. The summed E-state index contributed by atoms with van der Waals surface area (Å²) < 4.78 is 12.1. The van der Waals surface area contributed by atoms with Crippen LogP contribution in [0.4, 0.5) is 0 Å². The minimum absolute atomic E-state index is 0.201. The Hall–Kier alpha value is -3.61. The van der Waals surface area contributed by atoms with E-state index in [9.17, 15) is 9.59 Å². The summed E-state index contributed by atoms with van der Waals surface area (Å²) in [6.07, 6.45) is 1.56. The lowest BCUT2D eigenvalue weighted by Gasteiger charge is -2.13. The van der Waals surface area contributed by atoms with E-state index >= 15 is 0 Å². The van der Waals surface area contributed by atoms with Crippen molar-refractivity contribution >= 4 is 18.1 Å². The molecule has 0 bridgehead atoms. The standard InChI is InChI=1S/C21H21N3O4/c1-13-11-16(12-22-23-20(25)19-10-9-14(2)28-19)15(3)24(13)18-8-6-5-7-17(18)21(26)27-4/h5-12H,1-4H3,(H,23,25)/b22-12-. The predicted molar refractivity (Wildman–Crippen MR) is 105 cm³/mol. The van der Waals surface area contributed by atoms with E-state index in [4.69, 9.17) is 9.15 Å². The number of benzene rings is 1. The van der Waals surface area contributed by atoms with Crippen molar-refractivity contribution in [2.45, 2.75) is 20.8 Å². The van der Waals surface area contributed by atoms with Gasteiger partial charge in [0.2, 0.25) is 0 Å². The van der Waals surface area contributed by atoms with E-state index in [-0.39, 0.29) is 5.76 Å². The Balaban J connectivity index is 1.87. The third-order valence-electron chi connectivity index (χ3n) is 4.35. The van der Waals surface area contributed by atoms with Crippen LogP contribution in [0.25, 0.3) is 5.69 Å². The summed E-state index contributed by atoms with van der Waals surface area (Å²) >= 11 is 0. The van der Waals surface area contributed by atoms with E-state index in [1.807, 2.05) is 36.6 Å². The zero-order valence-corrected chi connectivity index (χ0v) is 16.1. The van der Waals surface area contributed by atoms with Gasteiger partial charge >= 0.3 is 11.9 Å². The van der Waals surface area contributed by atoms with Gasteiger partial charge in [-0.25, -0.2) is 10.2 Å². The molecule has 3 aromatic rings. The number of methoxy groups -OCH3 is 1. The van der Waals surface area contributed by atoms with Crippen LogP contribution in [0.15, 0.2) is 52.0 Å². The number of rotatable bonds is 5. The number of hydrogen-bond acceptors (Lipinski definition) is 5. The van der Waals surface area contributed by atoms with Gasteiger partial charge in [0.25, 0.3) is 0 Å². The number of para-hydroxylation sites is 1. The molecule has 1 N–H and O–H groups in total. The average molecular weight is 379 g/mol. The van der Waals surface area contributed by atoms with Gasteiger partial charge in [-0.3, -0.25) is 4.79 Å². The zero-order valence-electron chi connectivity index (χ0n) is 16.1. The van der Waals surface area contributed by atoms with Gasteiger partial charge in [0.1, 0.15) is 5.76 Å². The van der Waals surface area contributed by atoms with Gasteiger partial charge in [-0.1, -0.05) is 12.1 Å². The van der Waals surface area contributed by atoms with Crippen LogP contribution in [-0.4, -0.2) is 29.8 Å². The second kappa shape index (κ2) is 7.96. The lowest BCUT2D eigenvalue weighted by Crippen LogP contribution is -2.16. The van der Waals surface area contributed by atoms with Crippen LogP contribution in [0, 0.1) is 20.8 Å². The average Bonchev–Trinajstić information content (AvgIpc) is 3.24. The van der Waals surface area contributed by atoms with Gasteiger partial charge in [-0.15, -0.1) is 0 Å². The van der Waals surface area contributed by atoms with Gasteiger partial charge in [-0.05, 0) is 51.1 Å². The molecule has 2 heterocycles. The van der Waals surface area contributed by atoms with Gasteiger partial charge in [0.15, 0.2) is 5.76 Å². The molecule has 0 aliphatic heterocycles. The van der Waals surface area contributed by atoms with Crippen molar-refractivity contribution in [3.05, 3.63) is 76.5 Å². The number of esters is 1. The fourth-order valence-electron chi connectivity index (χ4n) is 3.01. The maximum Gasteiger partial charge on any atom is 0.339 e. The van der Waals surface area contributed by atoms with Crippen LogP contribution in [0.3, 0.4) is 0 Å². The molecule has 7 nitrogen and oxygen atoms in total. The molecule has 0 fully saturated rings. The van der Waals surface area contributed by atoms with Crippen molar-refractivity contribution in [1.29, 1.82) is 0 Å². The molecule has 0 aliphatic rings. The monoisotopic (exact) mass is 379 g/mol. The van der Waals surface area contributed by atoms with Gasteiger partial charge in [0.05, 0.1) is 24.6 Å². The van der Waals surface area contributed by atoms with Gasteiger partial charge in [-0.2, -0.15) is 5.10 Å². The summed E-state index contributed by atoms with van der Waals surface area (Å²) in [6.45, 7) is 5.61. The molecule has 0 saturated carbocycles. The number of furan rings is 1. The molecule has 3 rings (SSSR count). The van der Waals surface area contributed by atoms with Crippen LogP contribution in [0.2, 0.25) is 0 Å². The molecule has 0 radical (unpaired) electrons. The first-order valence-corrected chi connectivity index (χ1v) is 8.69. The smallest absolute Gasteiger partial charge is 0.339 e. The Bertz CT molecular complexity index is 1060. The molecule has 1 amide bonds. The molecular weight excluding hydrogens is 358 g/mol. The third-order valence-corrected chi connectivity index (χ3v) is 4.35. The first-order valence-electron chi connectivity index (χ1n) is 8.69. The maximum absolute atomic E-state index is 12.1. The Morgan fingerprint density at radius 1 is 1.14 bits per heavy atom. The maximum atomic E-state index is 12.1. The molecule has 1 aromatic carbocycles. The molecule has 7 heteroatoms. The number of aryl methyl sites for hydroxylation is 2. The van der Waals surface area contributed by atoms with E-state index in [0.29, 0.717) is 11.3 Å². The topological polar surface area (TPSA) is 85.8 Å². The van der Waals surface area contributed by atoms with Gasteiger partial charge in [0, 0.05) is 17.0 Å². The van der Waals surface area contributed by atoms with Crippen LogP contribution in [0.1, 0.15) is 43.6 Å². The Kier molecular flexibility index (Phi) is 5.44. The highest BCUT2D eigenvalue weighted by Gasteiger charge is 2.17. The molecule has 0 atom stereocenters. The van der Waals surface area contributed by atoms with Crippen LogP contribution in [0.5, 0.6) is 0 Å². The van der Waals surface area contributed by atoms with Crippen molar-refractivity contribution in [1.82, 2.24) is 9.99 Å². The normalized spacial score (nSPS) is 11.0. The number of nitrogens with one attached hydrogen (secondary N) is 1. The van der Waals surface area contributed by atoms with Crippen molar-refractivity contribution in [3.63, 3.8) is 0 Å². The first kappa shape index (κ1) is 19.2. The van der Waals surface area contributed by atoms with E-state index in [1.165, 1.54) is 7.11 Å². The SMILES string of the molecule is COC(=O)c1ccccc1-n1c(C)cc(/C=N\NC(=O)c2ccc(C)o2)c1C. The van der Waals surface area contributed by atoms with Crippen molar-refractivity contribution < 1.29 is 18.7 Å². The Labute approximate surface area is 162 Å². The summed E-state index contributed by atoms with van der Waals surface area (Å²) in [6, 6.07) is 12.5. The second-order valence-corrected chi connectivity index (χ2v) is 6.28. The number of amides is 1. The van der Waals surface area contributed by atoms with Crippen molar-refractivity contribution in [3.8, 4) is 5.69 Å². The summed E-state index contributed by atoms with van der Waals surface area (Å²) in [7, 11) is 1.36. The fraction of sp³-hybridized carbons (Fsp3) is 0.190. The first-order chi connectivity index (χ1) is 13.4. The Morgan fingerprint density at radius 2 is 1.89 bits per heavy atom. The molecule has 0 unspecified atom stereocenters. The summed E-state index contributed by atoms with van der Waals surface area (Å²) in [5, 5.41) is 4.02.